The fraction of sp³-hybridized carbons (Fsp3) is 0.167. The highest BCUT2D eigenvalue weighted by molar-refractivity contribution is 7.80. The summed E-state index contributed by atoms with van der Waals surface area (Å²) in [5.74, 6) is -0.435. The summed E-state index contributed by atoms with van der Waals surface area (Å²) in [7, 11) is 0. The summed E-state index contributed by atoms with van der Waals surface area (Å²) in [4.78, 5) is 24.7. The van der Waals surface area contributed by atoms with Gasteiger partial charge in [-0.1, -0.05) is 6.07 Å². The average molecular weight is 374 g/mol. The van der Waals surface area contributed by atoms with Crippen molar-refractivity contribution in [3.63, 3.8) is 0 Å². The summed E-state index contributed by atoms with van der Waals surface area (Å²) in [5, 5.41) is 10.4. The third kappa shape index (κ3) is 6.48. The highest BCUT2D eigenvalue weighted by Crippen LogP contribution is 2.11. The van der Waals surface area contributed by atoms with E-state index in [0.29, 0.717) is 11.3 Å². The fourth-order valence-corrected chi connectivity index (χ4v) is 2.75. The van der Waals surface area contributed by atoms with Crippen LogP contribution < -0.4 is 16.0 Å². The molecule has 0 fully saturated rings. The van der Waals surface area contributed by atoms with Crippen molar-refractivity contribution in [3.8, 4) is 0 Å². The summed E-state index contributed by atoms with van der Waals surface area (Å²) < 4.78 is 0. The number of anilines is 1. The SMILES string of the molecule is CC(C)NC(=O)c1ccc(NC(=S)NC(=O)/C=C/c2cccs2)cc1. The molecule has 0 atom stereocenters. The molecule has 25 heavy (non-hydrogen) atoms. The molecule has 5 nitrogen and oxygen atoms in total. The van der Waals surface area contributed by atoms with Crippen LogP contribution in [0.15, 0.2) is 47.9 Å². The van der Waals surface area contributed by atoms with E-state index in [-0.39, 0.29) is 23.0 Å². The van der Waals surface area contributed by atoms with Crippen LogP contribution in [0.5, 0.6) is 0 Å². The molecule has 130 valence electrons. The quantitative estimate of drug-likeness (QED) is 0.555. The number of carbonyl (C=O) groups excluding carboxylic acids is 2. The maximum absolute atomic E-state index is 11.9. The van der Waals surface area contributed by atoms with Gasteiger partial charge >= 0.3 is 0 Å². The molecule has 0 saturated heterocycles. The highest BCUT2D eigenvalue weighted by atomic mass is 32.1. The van der Waals surface area contributed by atoms with Crippen LogP contribution in [-0.2, 0) is 4.79 Å². The van der Waals surface area contributed by atoms with E-state index in [0.717, 1.165) is 4.88 Å². The molecule has 0 unspecified atom stereocenters. The highest BCUT2D eigenvalue weighted by Gasteiger charge is 2.07. The third-order valence-corrected chi connectivity index (χ3v) is 4.05. The molecular weight excluding hydrogens is 354 g/mol. The number of thiophene rings is 1. The maximum atomic E-state index is 11.9. The second kappa shape index (κ2) is 9.10. The second-order valence-electron chi connectivity index (χ2n) is 5.50. The summed E-state index contributed by atoms with van der Waals surface area (Å²) in [6.45, 7) is 3.81. The molecule has 0 aliphatic rings. The smallest absolute Gasteiger partial charge is 0.251 e. The molecular formula is C18H19N3O2S2. The van der Waals surface area contributed by atoms with Gasteiger partial charge in [0.1, 0.15) is 0 Å². The minimum Gasteiger partial charge on any atom is -0.350 e. The van der Waals surface area contributed by atoms with Gasteiger partial charge in [-0.25, -0.2) is 0 Å². The lowest BCUT2D eigenvalue weighted by atomic mass is 10.2. The molecule has 2 rings (SSSR count). The number of amides is 2. The van der Waals surface area contributed by atoms with Crippen LogP contribution in [0.1, 0.15) is 29.1 Å². The number of hydrogen-bond donors (Lipinski definition) is 3. The molecule has 1 aromatic carbocycles. The third-order valence-electron chi connectivity index (χ3n) is 3.00. The van der Waals surface area contributed by atoms with Crippen LogP contribution in [0.2, 0.25) is 0 Å². The van der Waals surface area contributed by atoms with Gasteiger partial charge in [-0.3, -0.25) is 14.9 Å². The molecule has 0 saturated carbocycles. The predicted molar refractivity (Wildman–Crippen MR) is 107 cm³/mol. The van der Waals surface area contributed by atoms with Crippen LogP contribution in [0.4, 0.5) is 5.69 Å². The minimum absolute atomic E-state index is 0.0790. The molecule has 2 aromatic rings. The lowest BCUT2D eigenvalue weighted by molar-refractivity contribution is -0.115. The van der Waals surface area contributed by atoms with Gasteiger partial charge in [0, 0.05) is 28.2 Å². The topological polar surface area (TPSA) is 70.2 Å². The first-order chi connectivity index (χ1) is 11.9. The van der Waals surface area contributed by atoms with Gasteiger partial charge in [-0.15, -0.1) is 11.3 Å². The van der Waals surface area contributed by atoms with Gasteiger partial charge in [0.2, 0.25) is 5.91 Å². The minimum atomic E-state index is -0.307. The maximum Gasteiger partial charge on any atom is 0.251 e. The number of rotatable bonds is 5. The van der Waals surface area contributed by atoms with E-state index in [1.807, 2.05) is 31.4 Å². The zero-order chi connectivity index (χ0) is 18.2. The first-order valence-corrected chi connectivity index (χ1v) is 8.97. The molecule has 7 heteroatoms. The van der Waals surface area contributed by atoms with E-state index < -0.39 is 0 Å². The van der Waals surface area contributed by atoms with E-state index in [4.69, 9.17) is 12.2 Å². The van der Waals surface area contributed by atoms with Crippen LogP contribution in [0, 0.1) is 0 Å². The van der Waals surface area contributed by atoms with Crippen molar-refractivity contribution in [2.24, 2.45) is 0 Å². The van der Waals surface area contributed by atoms with Crippen molar-refractivity contribution in [3.05, 3.63) is 58.3 Å². The first-order valence-electron chi connectivity index (χ1n) is 7.68. The molecule has 1 heterocycles. The Morgan fingerprint density at radius 1 is 1.16 bits per heavy atom. The van der Waals surface area contributed by atoms with Crippen LogP contribution in [-0.4, -0.2) is 23.0 Å². The normalized spacial score (nSPS) is 10.7. The Balaban J connectivity index is 1.85. The first kappa shape index (κ1) is 18.8. The summed E-state index contributed by atoms with van der Waals surface area (Å²) in [6, 6.07) is 10.8. The number of carbonyl (C=O) groups is 2. The standard InChI is InChI=1S/C18H19N3O2S2/c1-12(2)19-17(23)13-5-7-14(8-6-13)20-18(24)21-16(22)10-9-15-4-3-11-25-15/h3-12H,1-2H3,(H,19,23)(H2,20,21,22,24)/b10-9+. The molecule has 1 aromatic heterocycles. The summed E-state index contributed by atoms with van der Waals surface area (Å²) >= 11 is 6.66. The Bertz CT molecular complexity index is 766. The van der Waals surface area contributed by atoms with E-state index in [2.05, 4.69) is 16.0 Å². The van der Waals surface area contributed by atoms with Gasteiger partial charge in [0.25, 0.3) is 5.91 Å². The number of hydrogen-bond acceptors (Lipinski definition) is 4. The molecule has 2 amide bonds. The Labute approximate surface area is 156 Å². The lowest BCUT2D eigenvalue weighted by Gasteiger charge is -2.10. The Morgan fingerprint density at radius 3 is 2.48 bits per heavy atom. The fourth-order valence-electron chi connectivity index (χ4n) is 1.91. The predicted octanol–water partition coefficient (Wildman–Crippen LogP) is 3.41. The van der Waals surface area contributed by atoms with E-state index in [9.17, 15) is 9.59 Å². The van der Waals surface area contributed by atoms with Gasteiger partial charge in [0.15, 0.2) is 5.11 Å². The van der Waals surface area contributed by atoms with E-state index in [1.165, 1.54) is 6.08 Å². The van der Waals surface area contributed by atoms with E-state index in [1.54, 1.807) is 41.7 Å². The van der Waals surface area contributed by atoms with Crippen molar-refractivity contribution in [2.75, 3.05) is 5.32 Å². The molecule has 0 radical (unpaired) electrons. The van der Waals surface area contributed by atoms with Gasteiger partial charge < -0.3 is 10.6 Å². The Hall–Kier alpha value is -2.51. The van der Waals surface area contributed by atoms with E-state index >= 15 is 0 Å². The average Bonchev–Trinajstić information content (AvgIpc) is 3.06. The van der Waals surface area contributed by atoms with Gasteiger partial charge in [0.05, 0.1) is 0 Å². The van der Waals surface area contributed by atoms with Crippen molar-refractivity contribution >= 4 is 52.2 Å². The Kier molecular flexibility index (Phi) is 6.85. The largest absolute Gasteiger partial charge is 0.350 e. The molecule has 0 aliphatic heterocycles. The van der Waals surface area contributed by atoms with Crippen LogP contribution >= 0.6 is 23.6 Å². The summed E-state index contributed by atoms with van der Waals surface area (Å²) in [6.07, 6.45) is 3.16. The zero-order valence-corrected chi connectivity index (χ0v) is 15.5. The van der Waals surface area contributed by atoms with Crippen LogP contribution in [0.3, 0.4) is 0 Å². The number of benzene rings is 1. The number of thiocarbonyl (C=S) groups is 1. The second-order valence-corrected chi connectivity index (χ2v) is 6.89. The molecule has 0 bridgehead atoms. The van der Waals surface area contributed by atoms with Crippen molar-refractivity contribution < 1.29 is 9.59 Å². The summed E-state index contributed by atoms with van der Waals surface area (Å²) in [5.41, 5.74) is 1.25. The van der Waals surface area contributed by atoms with Crippen molar-refractivity contribution in [1.29, 1.82) is 0 Å². The lowest BCUT2D eigenvalue weighted by Crippen LogP contribution is -2.33. The zero-order valence-electron chi connectivity index (χ0n) is 13.9. The van der Waals surface area contributed by atoms with Crippen molar-refractivity contribution in [2.45, 2.75) is 19.9 Å². The van der Waals surface area contributed by atoms with Crippen molar-refractivity contribution in [1.82, 2.24) is 10.6 Å². The molecule has 0 spiro atoms. The van der Waals surface area contributed by atoms with Gasteiger partial charge in [-0.2, -0.15) is 0 Å². The molecule has 0 aliphatic carbocycles. The monoisotopic (exact) mass is 373 g/mol. The van der Waals surface area contributed by atoms with Gasteiger partial charge in [-0.05, 0) is 67.9 Å². The molecule has 3 N–H and O–H groups in total. The Morgan fingerprint density at radius 2 is 1.88 bits per heavy atom. The van der Waals surface area contributed by atoms with Crippen LogP contribution in [0.25, 0.3) is 6.08 Å². The number of nitrogens with one attached hydrogen (secondary N) is 3.